The zero-order valence-corrected chi connectivity index (χ0v) is 12.0. The van der Waals surface area contributed by atoms with Crippen molar-refractivity contribution in [2.24, 2.45) is 5.73 Å². The highest BCUT2D eigenvalue weighted by Gasteiger charge is 2.44. The van der Waals surface area contributed by atoms with E-state index in [0.717, 1.165) is 5.56 Å². The summed E-state index contributed by atoms with van der Waals surface area (Å²) in [6.45, 7) is 0.0286. The molecule has 5 atom stereocenters. The summed E-state index contributed by atoms with van der Waals surface area (Å²) >= 11 is 0. The topological polar surface area (TPSA) is 100 Å². The van der Waals surface area contributed by atoms with Crippen LogP contribution in [0.4, 0.5) is 0 Å². The van der Waals surface area contributed by atoms with Crippen molar-refractivity contribution in [3.8, 4) is 0 Å². The molecule has 2 aliphatic heterocycles. The minimum absolute atomic E-state index is 0.218. The van der Waals surface area contributed by atoms with Crippen molar-refractivity contribution in [1.82, 2.24) is 0 Å². The molecule has 1 aromatic carbocycles. The highest BCUT2D eigenvalue weighted by atomic mass is 16.7. The van der Waals surface area contributed by atoms with Crippen LogP contribution < -0.4 is 5.73 Å². The zero-order chi connectivity index (χ0) is 15.5. The molecule has 0 aliphatic carbocycles. The Labute approximate surface area is 127 Å². The Morgan fingerprint density at radius 3 is 2.82 bits per heavy atom. The molecule has 22 heavy (non-hydrogen) atoms. The van der Waals surface area contributed by atoms with Crippen molar-refractivity contribution >= 4 is 5.91 Å². The monoisotopic (exact) mass is 309 g/mol. The molecule has 1 aromatic rings. The fraction of sp³-hybridized carbons (Fsp3) is 0.533. The number of primary amides is 1. The Morgan fingerprint density at radius 1 is 1.32 bits per heavy atom. The normalized spacial score (nSPS) is 34.9. The van der Waals surface area contributed by atoms with Crippen molar-refractivity contribution in [2.45, 2.75) is 37.3 Å². The number of carbonyl (C=O) groups is 1. The minimum Gasteiger partial charge on any atom is -0.390 e. The number of nitrogens with two attached hydrogens (primary N) is 1. The summed E-state index contributed by atoms with van der Waals surface area (Å²) in [7, 11) is 0. The van der Waals surface area contributed by atoms with E-state index in [1.165, 1.54) is 0 Å². The van der Waals surface area contributed by atoms with Crippen LogP contribution >= 0.6 is 0 Å². The predicted octanol–water partition coefficient (Wildman–Crippen LogP) is 0.0784. The van der Waals surface area contributed by atoms with Gasteiger partial charge >= 0.3 is 0 Å². The lowest BCUT2D eigenvalue weighted by molar-refractivity contribution is -0.336. The summed E-state index contributed by atoms with van der Waals surface area (Å²) in [5.74, 6) is -0.583. The van der Waals surface area contributed by atoms with Crippen molar-refractivity contribution in [1.29, 1.82) is 0 Å². The fourth-order valence-electron chi connectivity index (χ4n) is 2.65. The number of hydrogen-bond acceptors (Lipinski definition) is 6. The summed E-state index contributed by atoms with van der Waals surface area (Å²) in [6, 6.07) is 9.51. The van der Waals surface area contributed by atoms with E-state index < -0.39 is 36.8 Å². The molecule has 3 N–H and O–H groups in total. The van der Waals surface area contributed by atoms with Crippen LogP contribution in [0.25, 0.3) is 0 Å². The van der Waals surface area contributed by atoms with E-state index >= 15 is 0 Å². The lowest BCUT2D eigenvalue weighted by atomic mass is 10.0. The molecular weight excluding hydrogens is 290 g/mol. The first-order valence-corrected chi connectivity index (χ1v) is 7.19. The summed E-state index contributed by atoms with van der Waals surface area (Å²) in [5.41, 5.74) is 5.92. The van der Waals surface area contributed by atoms with Gasteiger partial charge in [0.2, 0.25) is 5.91 Å². The van der Waals surface area contributed by atoms with Crippen molar-refractivity contribution in [2.75, 3.05) is 13.2 Å². The Bertz CT molecular complexity index is 510. The molecule has 0 aromatic heterocycles. The molecular formula is C15H19NO6. The van der Waals surface area contributed by atoms with Gasteiger partial charge in [-0.3, -0.25) is 4.79 Å². The number of amides is 1. The van der Waals surface area contributed by atoms with Gasteiger partial charge in [0, 0.05) is 12.0 Å². The molecule has 2 saturated heterocycles. The number of ether oxygens (including phenoxy) is 4. The largest absolute Gasteiger partial charge is 0.390 e. The average molecular weight is 309 g/mol. The maximum atomic E-state index is 10.7. The number of fused-ring (bicyclic) bond motifs is 1. The molecule has 2 aliphatic rings. The lowest BCUT2D eigenvalue weighted by Gasteiger charge is -2.44. The number of aliphatic hydroxyl groups excluding tert-OH is 1. The smallest absolute Gasteiger partial charge is 0.243 e. The SMILES string of the molecule is NC(=O)CO[C@@H]1C[C@@H](O)[C@H]2OC(c3ccccc3)OC[C@H]2O1. The van der Waals surface area contributed by atoms with Gasteiger partial charge in [-0.1, -0.05) is 30.3 Å². The van der Waals surface area contributed by atoms with Crippen molar-refractivity contribution < 1.29 is 28.8 Å². The van der Waals surface area contributed by atoms with Crippen LogP contribution in [-0.4, -0.2) is 48.8 Å². The second-order valence-corrected chi connectivity index (χ2v) is 5.36. The predicted molar refractivity (Wildman–Crippen MR) is 74.4 cm³/mol. The summed E-state index contributed by atoms with van der Waals surface area (Å²) < 4.78 is 22.3. The van der Waals surface area contributed by atoms with E-state index in [1.807, 2.05) is 30.3 Å². The molecule has 0 saturated carbocycles. The third kappa shape index (κ3) is 3.45. The number of benzene rings is 1. The summed E-state index contributed by atoms with van der Waals surface area (Å²) in [4.78, 5) is 10.7. The Hall–Kier alpha value is -1.51. The Morgan fingerprint density at radius 2 is 2.09 bits per heavy atom. The number of carbonyl (C=O) groups excluding carboxylic acids is 1. The third-order valence-electron chi connectivity index (χ3n) is 3.68. The first-order valence-electron chi connectivity index (χ1n) is 7.19. The molecule has 2 fully saturated rings. The minimum atomic E-state index is -0.758. The van der Waals surface area contributed by atoms with Crippen LogP contribution in [0.3, 0.4) is 0 Å². The van der Waals surface area contributed by atoms with Gasteiger partial charge in [0.25, 0.3) is 0 Å². The van der Waals surface area contributed by atoms with E-state index in [-0.39, 0.29) is 19.6 Å². The molecule has 7 heteroatoms. The van der Waals surface area contributed by atoms with E-state index in [1.54, 1.807) is 0 Å². The van der Waals surface area contributed by atoms with Gasteiger partial charge in [-0.2, -0.15) is 0 Å². The summed E-state index contributed by atoms with van der Waals surface area (Å²) in [6.07, 6.45) is -2.69. The number of rotatable bonds is 4. The standard InChI is InChI=1S/C15H19NO6/c16-12(18)8-19-13-6-10(17)14-11(21-13)7-20-15(22-14)9-4-2-1-3-5-9/h1-5,10-11,13-15,17H,6-8H2,(H2,16,18)/t10-,11-,13+,14-,15?/m1/s1. The number of aliphatic hydroxyl groups is 1. The average Bonchev–Trinajstić information content (AvgIpc) is 2.53. The molecule has 0 radical (unpaired) electrons. The van der Waals surface area contributed by atoms with Gasteiger partial charge in [0.1, 0.15) is 18.8 Å². The van der Waals surface area contributed by atoms with Gasteiger partial charge in [-0.05, 0) is 0 Å². The maximum Gasteiger partial charge on any atom is 0.243 e. The molecule has 0 spiro atoms. The van der Waals surface area contributed by atoms with Gasteiger partial charge in [-0.25, -0.2) is 0 Å². The fourth-order valence-corrected chi connectivity index (χ4v) is 2.65. The van der Waals surface area contributed by atoms with Crippen LogP contribution in [-0.2, 0) is 23.7 Å². The molecule has 1 amide bonds. The van der Waals surface area contributed by atoms with Gasteiger partial charge in [0.15, 0.2) is 12.6 Å². The number of hydrogen-bond donors (Lipinski definition) is 2. The zero-order valence-electron chi connectivity index (χ0n) is 12.0. The Kier molecular flexibility index (Phi) is 4.70. The van der Waals surface area contributed by atoms with E-state index in [2.05, 4.69) is 0 Å². The molecule has 1 unspecified atom stereocenters. The second-order valence-electron chi connectivity index (χ2n) is 5.36. The highest BCUT2D eigenvalue weighted by molar-refractivity contribution is 5.74. The first kappa shape index (κ1) is 15.4. The van der Waals surface area contributed by atoms with E-state index in [4.69, 9.17) is 24.7 Å². The van der Waals surface area contributed by atoms with E-state index in [9.17, 15) is 9.90 Å². The van der Waals surface area contributed by atoms with Crippen LogP contribution in [0.15, 0.2) is 30.3 Å². The van der Waals surface area contributed by atoms with E-state index in [0.29, 0.717) is 0 Å². The lowest BCUT2D eigenvalue weighted by Crippen LogP contribution is -2.55. The third-order valence-corrected chi connectivity index (χ3v) is 3.68. The molecule has 0 bridgehead atoms. The van der Waals surface area contributed by atoms with Crippen LogP contribution in [0.2, 0.25) is 0 Å². The first-order chi connectivity index (χ1) is 10.6. The van der Waals surface area contributed by atoms with Gasteiger partial charge < -0.3 is 29.8 Å². The van der Waals surface area contributed by atoms with Crippen LogP contribution in [0, 0.1) is 0 Å². The summed E-state index contributed by atoms with van der Waals surface area (Å²) in [5, 5.41) is 10.2. The maximum absolute atomic E-state index is 10.7. The van der Waals surface area contributed by atoms with Gasteiger partial charge in [0.05, 0.1) is 12.7 Å². The van der Waals surface area contributed by atoms with Crippen LogP contribution in [0.5, 0.6) is 0 Å². The van der Waals surface area contributed by atoms with Crippen molar-refractivity contribution in [3.63, 3.8) is 0 Å². The Balaban J connectivity index is 1.61. The second kappa shape index (κ2) is 6.72. The van der Waals surface area contributed by atoms with Crippen LogP contribution in [0.1, 0.15) is 18.3 Å². The molecule has 120 valence electrons. The molecule has 2 heterocycles. The molecule has 3 rings (SSSR count). The quantitative estimate of drug-likeness (QED) is 0.817. The molecule has 7 nitrogen and oxygen atoms in total. The van der Waals surface area contributed by atoms with Crippen molar-refractivity contribution in [3.05, 3.63) is 35.9 Å². The highest BCUT2D eigenvalue weighted by Crippen LogP contribution is 2.33. The van der Waals surface area contributed by atoms with Gasteiger partial charge in [-0.15, -0.1) is 0 Å².